The van der Waals surface area contributed by atoms with Crippen molar-refractivity contribution in [2.75, 3.05) is 0 Å². The zero-order valence-electron chi connectivity index (χ0n) is 24.9. The Balaban J connectivity index is 1.50. The zero-order valence-corrected chi connectivity index (χ0v) is 26.5. The smallest absolute Gasteiger partial charge is 0.299 e. The van der Waals surface area contributed by atoms with Gasteiger partial charge in [-0.1, -0.05) is 106 Å². The number of hydrogen-bond acceptors (Lipinski definition) is 6. The van der Waals surface area contributed by atoms with Crippen molar-refractivity contribution in [2.24, 2.45) is 0 Å². The molecule has 0 bridgehead atoms. The molecule has 3 saturated carbocycles. The van der Waals surface area contributed by atoms with Crippen LogP contribution in [0.5, 0.6) is 0 Å². The van der Waals surface area contributed by atoms with Crippen LogP contribution >= 0.6 is 0 Å². The molecule has 1 atom stereocenters. The fourth-order valence-corrected chi connectivity index (χ4v) is 10.5. The van der Waals surface area contributed by atoms with E-state index in [0.29, 0.717) is 11.3 Å². The largest absolute Gasteiger partial charge is 0.746 e. The molecule has 0 amide bonds. The lowest BCUT2D eigenvalue weighted by atomic mass is 9.76. The second-order valence-electron chi connectivity index (χ2n) is 13.0. The normalized spacial score (nSPS) is 20.8. The Kier molecular flexibility index (Phi) is 9.30. The molecular formula is C35H43O6S2-. The summed E-state index contributed by atoms with van der Waals surface area (Å²) in [5, 5.41) is 1.56. The molecule has 3 aromatic rings. The highest BCUT2D eigenvalue weighted by atomic mass is 32.2. The summed E-state index contributed by atoms with van der Waals surface area (Å²) in [5.41, 5.74) is 0.642. The monoisotopic (exact) mass is 623 g/mol. The average Bonchev–Trinajstić information content (AvgIpc) is 3.03. The van der Waals surface area contributed by atoms with Crippen molar-refractivity contribution in [3.63, 3.8) is 0 Å². The van der Waals surface area contributed by atoms with E-state index < -0.39 is 25.7 Å². The summed E-state index contributed by atoms with van der Waals surface area (Å²) in [4.78, 5) is 0.139. The molecule has 0 aliphatic heterocycles. The lowest BCUT2D eigenvalue weighted by Crippen LogP contribution is -2.24. The van der Waals surface area contributed by atoms with Crippen LogP contribution in [0.4, 0.5) is 0 Å². The molecule has 0 aromatic heterocycles. The fraction of sp³-hybridized carbons (Fsp3) is 0.543. The lowest BCUT2D eigenvalue weighted by Gasteiger charge is -2.32. The number of benzene rings is 3. The van der Waals surface area contributed by atoms with E-state index in [0.717, 1.165) is 93.6 Å². The van der Waals surface area contributed by atoms with Crippen molar-refractivity contribution in [3.8, 4) is 0 Å². The quantitative estimate of drug-likeness (QED) is 0.183. The maximum absolute atomic E-state index is 14.5. The molecular weight excluding hydrogens is 581 g/mol. The predicted octanol–water partition coefficient (Wildman–Crippen LogP) is 8.93. The van der Waals surface area contributed by atoms with Crippen molar-refractivity contribution >= 4 is 31.0 Å². The van der Waals surface area contributed by atoms with E-state index in [1.54, 1.807) is 18.2 Å². The molecule has 43 heavy (non-hydrogen) atoms. The number of rotatable bonds is 8. The summed E-state index contributed by atoms with van der Waals surface area (Å²) in [7, 11) is -9.81. The van der Waals surface area contributed by atoms with Gasteiger partial charge in [0.1, 0.15) is 15.0 Å². The van der Waals surface area contributed by atoms with Crippen LogP contribution in [-0.2, 0) is 24.4 Å². The minimum atomic E-state index is -5.18. The lowest BCUT2D eigenvalue weighted by molar-refractivity contribution is 0.262. The van der Waals surface area contributed by atoms with E-state index in [4.69, 9.17) is 4.18 Å². The van der Waals surface area contributed by atoms with Gasteiger partial charge in [0.2, 0.25) is 0 Å². The zero-order chi connectivity index (χ0) is 30.0. The van der Waals surface area contributed by atoms with Gasteiger partial charge in [0.15, 0.2) is 5.44 Å². The molecule has 6 rings (SSSR count). The Morgan fingerprint density at radius 1 is 0.605 bits per heavy atom. The van der Waals surface area contributed by atoms with Crippen molar-refractivity contribution < 1.29 is 25.6 Å². The number of hydrogen-bond donors (Lipinski definition) is 0. The van der Waals surface area contributed by atoms with E-state index in [1.807, 2.05) is 18.2 Å². The first-order valence-electron chi connectivity index (χ1n) is 16.2. The van der Waals surface area contributed by atoms with Gasteiger partial charge in [-0.2, -0.15) is 8.42 Å². The highest BCUT2D eigenvalue weighted by molar-refractivity contribution is 7.89. The number of fused-ring (bicyclic) bond motifs is 1. The molecule has 0 N–H and O–H groups in total. The van der Waals surface area contributed by atoms with Crippen LogP contribution in [-0.4, -0.2) is 21.4 Å². The van der Waals surface area contributed by atoms with Crippen molar-refractivity contribution in [1.29, 1.82) is 0 Å². The summed E-state index contributed by atoms with van der Waals surface area (Å²) in [6, 6.07) is 16.3. The Hall–Kier alpha value is -2.26. The van der Waals surface area contributed by atoms with Crippen LogP contribution in [0.15, 0.2) is 59.5 Å². The average molecular weight is 624 g/mol. The molecule has 8 heteroatoms. The standard InChI is InChI=1S/C35H44O6S2/c36-42(37,38)35(30-21-20-26-14-10-11-19-29(26)22-30)41-43(39,40)34-32(27-15-6-2-7-16-27)23-31(25-12-4-1-5-13-25)24-33(34)28-17-8-3-9-18-28/h10-11,14,19-25,27-28,35H,1-9,12-13,15-18H2,(H,36,37,38)/p-1. The third-order valence-corrected chi connectivity index (χ3v) is 12.5. The van der Waals surface area contributed by atoms with E-state index in [2.05, 4.69) is 12.1 Å². The predicted molar refractivity (Wildman–Crippen MR) is 169 cm³/mol. The van der Waals surface area contributed by atoms with Crippen LogP contribution in [0.2, 0.25) is 0 Å². The third-order valence-electron chi connectivity index (χ3n) is 10.1. The van der Waals surface area contributed by atoms with E-state index in [1.165, 1.54) is 30.9 Å². The van der Waals surface area contributed by atoms with Gasteiger partial charge in [-0.3, -0.25) is 0 Å². The molecule has 232 valence electrons. The van der Waals surface area contributed by atoms with Crippen molar-refractivity contribution in [1.82, 2.24) is 0 Å². The Labute approximate surface area is 257 Å². The highest BCUT2D eigenvalue weighted by Gasteiger charge is 2.37. The second kappa shape index (κ2) is 13.0. The molecule has 3 aliphatic rings. The molecule has 0 heterocycles. The highest BCUT2D eigenvalue weighted by Crippen LogP contribution is 2.47. The van der Waals surface area contributed by atoms with Crippen molar-refractivity contribution in [3.05, 3.63) is 76.9 Å². The van der Waals surface area contributed by atoms with Crippen LogP contribution in [0.1, 0.15) is 142 Å². The van der Waals surface area contributed by atoms with Crippen molar-refractivity contribution in [2.45, 2.75) is 124 Å². The maximum atomic E-state index is 14.5. The summed E-state index contributed by atoms with van der Waals surface area (Å²) in [6.45, 7) is 0. The van der Waals surface area contributed by atoms with Crippen LogP contribution in [0.25, 0.3) is 10.8 Å². The molecule has 3 aliphatic carbocycles. The topological polar surface area (TPSA) is 101 Å². The van der Waals surface area contributed by atoms with E-state index in [9.17, 15) is 21.4 Å². The Bertz CT molecular complexity index is 1610. The van der Waals surface area contributed by atoms with E-state index >= 15 is 0 Å². The van der Waals surface area contributed by atoms with Gasteiger partial charge in [0.05, 0.1) is 0 Å². The maximum Gasteiger partial charge on any atom is 0.299 e. The van der Waals surface area contributed by atoms with Gasteiger partial charge in [-0.05, 0) is 95.4 Å². The molecule has 0 radical (unpaired) electrons. The van der Waals surface area contributed by atoms with Gasteiger partial charge in [-0.15, -0.1) is 0 Å². The third kappa shape index (κ3) is 6.87. The van der Waals surface area contributed by atoms with Crippen LogP contribution in [0.3, 0.4) is 0 Å². The Morgan fingerprint density at radius 3 is 1.60 bits per heavy atom. The van der Waals surface area contributed by atoms with Gasteiger partial charge < -0.3 is 4.55 Å². The summed E-state index contributed by atoms with van der Waals surface area (Å²) < 4.78 is 72.7. The molecule has 3 fully saturated rings. The van der Waals surface area contributed by atoms with Gasteiger partial charge in [-0.25, -0.2) is 12.6 Å². The first-order chi connectivity index (χ1) is 20.7. The first kappa shape index (κ1) is 30.8. The summed E-state index contributed by atoms with van der Waals surface area (Å²) in [5.74, 6) is 0.537. The van der Waals surface area contributed by atoms with Crippen LogP contribution in [0, 0.1) is 0 Å². The fourth-order valence-electron chi connectivity index (χ4n) is 7.88. The summed E-state index contributed by atoms with van der Waals surface area (Å²) in [6.07, 6.45) is 15.8. The van der Waals surface area contributed by atoms with Gasteiger partial charge >= 0.3 is 0 Å². The van der Waals surface area contributed by atoms with Crippen LogP contribution < -0.4 is 0 Å². The summed E-state index contributed by atoms with van der Waals surface area (Å²) >= 11 is 0. The molecule has 1 unspecified atom stereocenters. The molecule has 6 nitrogen and oxygen atoms in total. The minimum absolute atomic E-state index is 0.0227. The molecule has 0 spiro atoms. The van der Waals surface area contributed by atoms with Gasteiger partial charge in [0.25, 0.3) is 10.1 Å². The molecule has 0 saturated heterocycles. The Morgan fingerprint density at radius 2 is 1.09 bits per heavy atom. The minimum Gasteiger partial charge on any atom is -0.746 e. The SMILES string of the molecule is O=S(=O)(OC(c1ccc2ccccc2c1)S(=O)(=O)[O-])c1c(C2CCCCC2)cc(C2CCCCC2)cc1C1CCCCC1. The van der Waals surface area contributed by atoms with E-state index in [-0.39, 0.29) is 22.3 Å². The first-order valence-corrected chi connectivity index (χ1v) is 19.1. The second-order valence-corrected chi connectivity index (χ2v) is 15.9. The molecule has 3 aromatic carbocycles. The van der Waals surface area contributed by atoms with Gasteiger partial charge in [0, 0.05) is 0 Å².